The number of phenolic OH excluding ortho intramolecular Hbond substituents is 1. The van der Waals surface area contributed by atoms with Crippen LogP contribution in [0.3, 0.4) is 0 Å². The summed E-state index contributed by atoms with van der Waals surface area (Å²) >= 11 is 0. The molecule has 26 heavy (non-hydrogen) atoms. The molecule has 2 aromatic rings. The Morgan fingerprint density at radius 2 is 1.96 bits per heavy atom. The number of carbonyl (C=O) groups excluding carboxylic acids is 1. The molecule has 1 aromatic carbocycles. The van der Waals surface area contributed by atoms with Crippen LogP contribution in [0, 0.1) is 17.3 Å². The van der Waals surface area contributed by atoms with Crippen molar-refractivity contribution in [3.8, 4) is 17.1 Å². The fourth-order valence-corrected chi connectivity index (χ4v) is 3.13. The normalized spacial score (nSPS) is 20.8. The van der Waals surface area contributed by atoms with Crippen molar-refractivity contribution in [2.24, 2.45) is 17.3 Å². The first-order valence-electron chi connectivity index (χ1n) is 8.29. The number of rotatable bonds is 5. The molecule has 9 nitrogen and oxygen atoms in total. The molecule has 1 saturated carbocycles. The van der Waals surface area contributed by atoms with Gasteiger partial charge in [0.05, 0.1) is 23.6 Å². The van der Waals surface area contributed by atoms with E-state index in [1.807, 2.05) is 13.8 Å². The molecule has 2 atom stereocenters. The Hall–Kier alpha value is -2.97. The molecule has 1 amide bonds. The van der Waals surface area contributed by atoms with Crippen LogP contribution in [-0.2, 0) is 9.59 Å². The zero-order valence-electron chi connectivity index (χ0n) is 15.0. The number of aliphatic carboxylic acids is 1. The van der Waals surface area contributed by atoms with E-state index in [-0.39, 0.29) is 17.5 Å². The number of hydrogen-bond donors (Lipinski definition) is 3. The average molecular weight is 359 g/mol. The summed E-state index contributed by atoms with van der Waals surface area (Å²) < 4.78 is 0. The van der Waals surface area contributed by atoms with Gasteiger partial charge in [-0.25, -0.2) is 0 Å². The number of amides is 1. The number of nitrogens with one attached hydrogen (secondary N) is 1. The smallest absolute Gasteiger partial charge is 0.307 e. The minimum Gasteiger partial charge on any atom is -0.506 e. The molecule has 0 spiro atoms. The maximum Gasteiger partial charge on any atom is 0.307 e. The fourth-order valence-electron chi connectivity index (χ4n) is 3.13. The van der Waals surface area contributed by atoms with Crippen LogP contribution in [0.15, 0.2) is 18.2 Å². The molecule has 1 fully saturated rings. The third-order valence-corrected chi connectivity index (χ3v) is 4.78. The SMILES string of the molecule is CC(C)n1nnc(-c2ccc(O)c(NC(=O)C3C(C(=O)O)C3(C)C)c2)n1. The first-order chi connectivity index (χ1) is 12.1. The maximum atomic E-state index is 12.5. The van der Waals surface area contributed by atoms with Gasteiger partial charge in [-0.1, -0.05) is 13.8 Å². The summed E-state index contributed by atoms with van der Waals surface area (Å²) in [5, 5.41) is 34.1. The van der Waals surface area contributed by atoms with Gasteiger partial charge in [-0.3, -0.25) is 9.59 Å². The number of tetrazole rings is 1. The van der Waals surface area contributed by atoms with E-state index in [1.165, 1.54) is 10.9 Å². The Balaban J connectivity index is 1.82. The second kappa shape index (κ2) is 6.08. The van der Waals surface area contributed by atoms with Crippen LogP contribution >= 0.6 is 0 Å². The van der Waals surface area contributed by atoms with Crippen molar-refractivity contribution < 1.29 is 19.8 Å². The summed E-state index contributed by atoms with van der Waals surface area (Å²) in [5.41, 5.74) is 0.139. The molecular weight excluding hydrogens is 338 g/mol. The number of aromatic nitrogens is 4. The van der Waals surface area contributed by atoms with Gasteiger partial charge < -0.3 is 15.5 Å². The second-order valence-corrected chi connectivity index (χ2v) is 7.36. The van der Waals surface area contributed by atoms with Crippen molar-refractivity contribution in [3.63, 3.8) is 0 Å². The van der Waals surface area contributed by atoms with Gasteiger partial charge in [0.2, 0.25) is 11.7 Å². The van der Waals surface area contributed by atoms with Crippen LogP contribution in [0.25, 0.3) is 11.4 Å². The first-order valence-corrected chi connectivity index (χ1v) is 8.29. The summed E-state index contributed by atoms with van der Waals surface area (Å²) in [5.74, 6) is -2.58. The monoisotopic (exact) mass is 359 g/mol. The van der Waals surface area contributed by atoms with Gasteiger partial charge in [-0.05, 0) is 42.7 Å². The highest BCUT2D eigenvalue weighted by Crippen LogP contribution is 2.58. The number of carbonyl (C=O) groups is 2. The predicted molar refractivity (Wildman–Crippen MR) is 92.3 cm³/mol. The lowest BCUT2D eigenvalue weighted by atomic mass is 10.1. The molecule has 1 heterocycles. The van der Waals surface area contributed by atoms with Gasteiger partial charge in [0.1, 0.15) is 5.75 Å². The van der Waals surface area contributed by atoms with Gasteiger partial charge in [0.15, 0.2) is 0 Å². The van der Waals surface area contributed by atoms with Crippen LogP contribution < -0.4 is 5.32 Å². The molecule has 1 aromatic heterocycles. The molecule has 9 heteroatoms. The van der Waals surface area contributed by atoms with Crippen LogP contribution in [0.1, 0.15) is 33.7 Å². The topological polar surface area (TPSA) is 130 Å². The lowest BCUT2D eigenvalue weighted by Crippen LogP contribution is -2.17. The standard InChI is InChI=1S/C17H21N5O4/c1-8(2)22-20-14(19-21-22)9-5-6-11(23)10(7-9)18-15(24)12-13(16(25)26)17(12,3)4/h5-8,12-13,23H,1-4H3,(H,18,24)(H,25,26). The van der Waals surface area contributed by atoms with Crippen LogP contribution in [0.5, 0.6) is 5.75 Å². The molecule has 0 radical (unpaired) electrons. The molecular formula is C17H21N5O4. The Kier molecular flexibility index (Phi) is 4.17. The zero-order chi connectivity index (χ0) is 19.2. The number of aromatic hydroxyl groups is 1. The molecule has 0 aliphatic heterocycles. The van der Waals surface area contributed by atoms with E-state index in [4.69, 9.17) is 0 Å². The molecule has 0 bridgehead atoms. The highest BCUT2D eigenvalue weighted by Gasteiger charge is 2.65. The van der Waals surface area contributed by atoms with E-state index >= 15 is 0 Å². The Morgan fingerprint density at radius 1 is 1.27 bits per heavy atom. The lowest BCUT2D eigenvalue weighted by molar-refractivity contribution is -0.140. The van der Waals surface area contributed by atoms with Crippen molar-refractivity contribution in [2.45, 2.75) is 33.7 Å². The zero-order valence-corrected chi connectivity index (χ0v) is 15.0. The highest BCUT2D eigenvalue weighted by atomic mass is 16.4. The van der Waals surface area contributed by atoms with Crippen LogP contribution in [-0.4, -0.2) is 42.3 Å². The van der Waals surface area contributed by atoms with E-state index in [9.17, 15) is 19.8 Å². The predicted octanol–water partition coefficient (Wildman–Crippen LogP) is 1.92. The molecule has 1 aliphatic rings. The van der Waals surface area contributed by atoms with Crippen molar-refractivity contribution in [1.82, 2.24) is 20.2 Å². The average Bonchev–Trinajstić information content (AvgIpc) is 2.92. The summed E-state index contributed by atoms with van der Waals surface area (Å²) in [4.78, 5) is 25.2. The fraction of sp³-hybridized carbons (Fsp3) is 0.471. The molecule has 2 unspecified atom stereocenters. The minimum absolute atomic E-state index is 0.0533. The van der Waals surface area contributed by atoms with E-state index in [0.29, 0.717) is 11.4 Å². The first kappa shape index (κ1) is 17.8. The molecule has 1 aliphatic carbocycles. The number of nitrogens with zero attached hydrogens (tertiary/aromatic N) is 4. The summed E-state index contributed by atoms with van der Waals surface area (Å²) in [7, 11) is 0. The molecule has 0 saturated heterocycles. The largest absolute Gasteiger partial charge is 0.506 e. The van der Waals surface area contributed by atoms with Gasteiger partial charge in [-0.2, -0.15) is 4.80 Å². The number of anilines is 1. The van der Waals surface area contributed by atoms with E-state index in [2.05, 4.69) is 20.7 Å². The quantitative estimate of drug-likeness (QED) is 0.695. The molecule has 138 valence electrons. The molecule has 3 rings (SSSR count). The van der Waals surface area contributed by atoms with Gasteiger partial charge >= 0.3 is 5.97 Å². The van der Waals surface area contributed by atoms with Crippen molar-refractivity contribution in [1.29, 1.82) is 0 Å². The van der Waals surface area contributed by atoms with E-state index in [1.54, 1.807) is 26.0 Å². The van der Waals surface area contributed by atoms with E-state index in [0.717, 1.165) is 0 Å². The van der Waals surface area contributed by atoms with Gasteiger partial charge in [0.25, 0.3) is 0 Å². The number of benzene rings is 1. The number of carboxylic acid groups (broad SMARTS) is 1. The number of hydrogen-bond acceptors (Lipinski definition) is 6. The Bertz CT molecular complexity index is 874. The van der Waals surface area contributed by atoms with Gasteiger partial charge in [-0.15, -0.1) is 10.2 Å². The maximum absolute atomic E-state index is 12.5. The van der Waals surface area contributed by atoms with E-state index < -0.39 is 29.1 Å². The summed E-state index contributed by atoms with van der Waals surface area (Å²) in [6, 6.07) is 4.64. The van der Waals surface area contributed by atoms with Crippen molar-refractivity contribution in [3.05, 3.63) is 18.2 Å². The minimum atomic E-state index is -0.998. The third-order valence-electron chi connectivity index (χ3n) is 4.78. The van der Waals surface area contributed by atoms with Gasteiger partial charge in [0, 0.05) is 5.56 Å². The lowest BCUT2D eigenvalue weighted by Gasteiger charge is -2.09. The molecule has 3 N–H and O–H groups in total. The van der Waals surface area contributed by atoms with Crippen molar-refractivity contribution >= 4 is 17.6 Å². The Morgan fingerprint density at radius 3 is 2.50 bits per heavy atom. The highest BCUT2D eigenvalue weighted by molar-refractivity contribution is 6.00. The summed E-state index contributed by atoms with van der Waals surface area (Å²) in [6.45, 7) is 7.31. The number of carboxylic acids is 1. The van der Waals surface area contributed by atoms with Crippen LogP contribution in [0.4, 0.5) is 5.69 Å². The summed E-state index contributed by atoms with van der Waals surface area (Å²) in [6.07, 6.45) is 0. The third kappa shape index (κ3) is 3.00. The Labute approximate surface area is 150 Å². The van der Waals surface area contributed by atoms with Crippen LogP contribution in [0.2, 0.25) is 0 Å². The number of phenols is 1. The van der Waals surface area contributed by atoms with Crippen molar-refractivity contribution in [2.75, 3.05) is 5.32 Å². The second-order valence-electron chi connectivity index (χ2n) is 7.36.